The zero-order valence-corrected chi connectivity index (χ0v) is 12.4. The number of nitrogens with one attached hydrogen (secondary N) is 1. The number of benzene rings is 2. The molecule has 0 radical (unpaired) electrons. The van der Waals surface area contributed by atoms with Crippen LogP contribution in [0.15, 0.2) is 73.3 Å². The minimum atomic E-state index is -4.32. The van der Waals surface area contributed by atoms with Crippen molar-refractivity contribution in [3.05, 3.63) is 84.4 Å². The van der Waals surface area contributed by atoms with Gasteiger partial charge >= 0.3 is 11.8 Å². The van der Waals surface area contributed by atoms with Gasteiger partial charge in [0.15, 0.2) is 0 Å². The first-order valence-electron chi connectivity index (χ1n) is 7.10. The first kappa shape index (κ1) is 17.2. The van der Waals surface area contributed by atoms with Crippen LogP contribution in [0.2, 0.25) is 0 Å². The predicted octanol–water partition coefficient (Wildman–Crippen LogP) is 4.97. The minimum absolute atomic E-state index is 0.00681. The number of hydrogen-bond acceptors (Lipinski definition) is 1. The molecule has 2 aromatic rings. The van der Waals surface area contributed by atoms with Crippen molar-refractivity contribution in [2.24, 2.45) is 0 Å². The SMILES string of the molecule is C=CC(F)(F)C(F)(F)C(NCc1ccccc1)c1ccccc1. The first-order chi connectivity index (χ1) is 10.9. The second-order valence-corrected chi connectivity index (χ2v) is 5.16. The molecule has 0 spiro atoms. The smallest absolute Gasteiger partial charge is 0.301 e. The Kier molecular flexibility index (Phi) is 5.21. The minimum Gasteiger partial charge on any atom is -0.301 e. The van der Waals surface area contributed by atoms with Crippen molar-refractivity contribution in [3.63, 3.8) is 0 Å². The number of allylic oxidation sites excluding steroid dienone is 1. The summed E-state index contributed by atoms with van der Waals surface area (Å²) in [7, 11) is 0. The van der Waals surface area contributed by atoms with Gasteiger partial charge in [-0.05, 0) is 17.2 Å². The third-order valence-electron chi connectivity index (χ3n) is 3.55. The highest BCUT2D eigenvalue weighted by Gasteiger charge is 2.59. The molecule has 0 fully saturated rings. The zero-order chi connectivity index (χ0) is 16.9. The van der Waals surface area contributed by atoms with E-state index in [1.807, 2.05) is 0 Å². The second-order valence-electron chi connectivity index (χ2n) is 5.16. The molecule has 1 N–H and O–H groups in total. The van der Waals surface area contributed by atoms with Gasteiger partial charge in [0, 0.05) is 6.54 Å². The molecule has 0 aliphatic carbocycles. The van der Waals surface area contributed by atoms with Gasteiger partial charge in [-0.1, -0.05) is 67.2 Å². The summed E-state index contributed by atoms with van der Waals surface area (Å²) >= 11 is 0. The molecule has 23 heavy (non-hydrogen) atoms. The topological polar surface area (TPSA) is 12.0 Å². The van der Waals surface area contributed by atoms with Gasteiger partial charge in [-0.15, -0.1) is 0 Å². The molecular formula is C18H17F4N. The summed E-state index contributed by atoms with van der Waals surface area (Å²) in [6.07, 6.45) is -0.00681. The average molecular weight is 323 g/mol. The molecule has 122 valence electrons. The molecular weight excluding hydrogens is 306 g/mol. The van der Waals surface area contributed by atoms with Gasteiger partial charge in [0.05, 0.1) is 0 Å². The molecule has 0 saturated heterocycles. The summed E-state index contributed by atoms with van der Waals surface area (Å²) in [4.78, 5) is 0. The maximum Gasteiger partial charge on any atom is 0.332 e. The highest BCUT2D eigenvalue weighted by atomic mass is 19.3. The number of halogens is 4. The summed E-state index contributed by atoms with van der Waals surface area (Å²) in [5.74, 6) is -8.64. The van der Waals surface area contributed by atoms with Crippen LogP contribution >= 0.6 is 0 Å². The van der Waals surface area contributed by atoms with Crippen LogP contribution in [0, 0.1) is 0 Å². The van der Waals surface area contributed by atoms with Crippen molar-refractivity contribution in [2.75, 3.05) is 0 Å². The van der Waals surface area contributed by atoms with E-state index in [1.165, 1.54) is 24.3 Å². The molecule has 0 aromatic heterocycles. The van der Waals surface area contributed by atoms with Gasteiger partial charge in [0.2, 0.25) is 0 Å². The number of rotatable bonds is 7. The summed E-state index contributed by atoms with van der Waals surface area (Å²) < 4.78 is 56.1. The van der Waals surface area contributed by atoms with Crippen LogP contribution in [-0.4, -0.2) is 11.8 Å². The molecule has 1 nitrogen and oxygen atoms in total. The predicted molar refractivity (Wildman–Crippen MR) is 82.6 cm³/mol. The van der Waals surface area contributed by atoms with E-state index in [-0.39, 0.29) is 18.2 Å². The molecule has 0 bridgehead atoms. The first-order valence-corrected chi connectivity index (χ1v) is 7.10. The van der Waals surface area contributed by atoms with E-state index in [4.69, 9.17) is 0 Å². The lowest BCUT2D eigenvalue weighted by Crippen LogP contribution is -2.49. The van der Waals surface area contributed by atoms with Gasteiger partial charge in [0.25, 0.3) is 0 Å². The fourth-order valence-electron chi connectivity index (χ4n) is 2.25. The van der Waals surface area contributed by atoms with E-state index in [2.05, 4.69) is 11.9 Å². The van der Waals surface area contributed by atoms with Crippen LogP contribution in [0.5, 0.6) is 0 Å². The lowest BCUT2D eigenvalue weighted by atomic mass is 9.95. The van der Waals surface area contributed by atoms with Crippen molar-refractivity contribution < 1.29 is 17.6 Å². The van der Waals surface area contributed by atoms with Crippen molar-refractivity contribution in [2.45, 2.75) is 24.4 Å². The third kappa shape index (κ3) is 3.79. The average Bonchev–Trinajstić information content (AvgIpc) is 2.56. The van der Waals surface area contributed by atoms with Crippen LogP contribution in [0.1, 0.15) is 17.2 Å². The van der Waals surface area contributed by atoms with Crippen LogP contribution in [-0.2, 0) is 6.54 Å². The Morgan fingerprint density at radius 2 is 1.43 bits per heavy atom. The van der Waals surface area contributed by atoms with Gasteiger partial charge in [0.1, 0.15) is 6.04 Å². The molecule has 1 unspecified atom stereocenters. The summed E-state index contributed by atoms with van der Waals surface area (Å²) in [5, 5.41) is 2.56. The Balaban J connectivity index is 2.31. The van der Waals surface area contributed by atoms with E-state index in [0.29, 0.717) is 0 Å². The Morgan fingerprint density at radius 3 is 1.96 bits per heavy atom. The molecule has 0 aliphatic heterocycles. The maximum absolute atomic E-state index is 14.4. The number of hydrogen-bond donors (Lipinski definition) is 1. The molecule has 2 aromatic carbocycles. The monoisotopic (exact) mass is 323 g/mol. The zero-order valence-electron chi connectivity index (χ0n) is 12.4. The van der Waals surface area contributed by atoms with E-state index in [1.54, 1.807) is 36.4 Å². The molecule has 0 amide bonds. The Bertz CT molecular complexity index is 626. The lowest BCUT2D eigenvalue weighted by Gasteiger charge is -2.32. The molecule has 5 heteroatoms. The standard InChI is InChI=1S/C18H17F4N/c1-2-17(19,20)18(21,22)16(15-11-7-4-8-12-15)23-13-14-9-5-3-6-10-14/h2-12,16,23H,1,13H2. The van der Waals surface area contributed by atoms with Gasteiger partial charge in [-0.25, -0.2) is 0 Å². The van der Waals surface area contributed by atoms with Crippen LogP contribution < -0.4 is 5.32 Å². The van der Waals surface area contributed by atoms with Crippen molar-refractivity contribution in [1.82, 2.24) is 5.32 Å². The quantitative estimate of drug-likeness (QED) is 0.560. The lowest BCUT2D eigenvalue weighted by molar-refractivity contribution is -0.198. The fourth-order valence-corrected chi connectivity index (χ4v) is 2.25. The number of alkyl halides is 4. The molecule has 1 atom stereocenters. The van der Waals surface area contributed by atoms with E-state index >= 15 is 0 Å². The molecule has 0 aliphatic rings. The van der Waals surface area contributed by atoms with Crippen molar-refractivity contribution >= 4 is 0 Å². The third-order valence-corrected chi connectivity index (χ3v) is 3.55. The van der Waals surface area contributed by atoms with Crippen LogP contribution in [0.3, 0.4) is 0 Å². The second kappa shape index (κ2) is 6.96. The Morgan fingerprint density at radius 1 is 0.913 bits per heavy atom. The Hall–Kier alpha value is -2.14. The normalized spacial score (nSPS) is 13.6. The maximum atomic E-state index is 14.4. The summed E-state index contributed by atoms with van der Waals surface area (Å²) in [6, 6.07) is 14.4. The van der Waals surface area contributed by atoms with Crippen LogP contribution in [0.4, 0.5) is 17.6 Å². The van der Waals surface area contributed by atoms with Gasteiger partial charge in [-0.2, -0.15) is 17.6 Å². The molecule has 0 saturated carbocycles. The largest absolute Gasteiger partial charge is 0.332 e. The molecule has 0 heterocycles. The van der Waals surface area contributed by atoms with Gasteiger partial charge < -0.3 is 5.32 Å². The van der Waals surface area contributed by atoms with E-state index < -0.39 is 17.9 Å². The Labute approximate surface area is 132 Å². The van der Waals surface area contributed by atoms with E-state index in [0.717, 1.165) is 5.56 Å². The van der Waals surface area contributed by atoms with Crippen molar-refractivity contribution in [3.8, 4) is 0 Å². The summed E-state index contributed by atoms with van der Waals surface area (Å²) in [6.45, 7) is 2.88. The summed E-state index contributed by atoms with van der Waals surface area (Å²) in [5.41, 5.74) is 0.820. The highest BCUT2D eigenvalue weighted by molar-refractivity contribution is 5.24. The van der Waals surface area contributed by atoms with Crippen molar-refractivity contribution in [1.29, 1.82) is 0 Å². The molecule has 2 rings (SSSR count). The van der Waals surface area contributed by atoms with Crippen LogP contribution in [0.25, 0.3) is 0 Å². The van der Waals surface area contributed by atoms with Gasteiger partial charge in [-0.3, -0.25) is 0 Å². The fraction of sp³-hybridized carbons (Fsp3) is 0.222. The highest BCUT2D eigenvalue weighted by Crippen LogP contribution is 2.44. The van der Waals surface area contributed by atoms with E-state index in [9.17, 15) is 17.6 Å².